The lowest BCUT2D eigenvalue weighted by molar-refractivity contribution is -0.136. The van der Waals surface area contributed by atoms with Crippen molar-refractivity contribution >= 4 is 5.97 Å². The third-order valence-electron chi connectivity index (χ3n) is 1.73. The van der Waals surface area contributed by atoms with E-state index in [-0.39, 0.29) is 0 Å². The first-order valence-corrected chi connectivity index (χ1v) is 4.97. The molecule has 0 amide bonds. The van der Waals surface area contributed by atoms with Crippen LogP contribution in [-0.4, -0.2) is 22.1 Å². The maximum atomic E-state index is 11.0. The van der Waals surface area contributed by atoms with Crippen molar-refractivity contribution in [2.45, 2.75) is 26.8 Å². The standard InChI is InChI=1S/C11H14N2O2/c1-3-8-13-9-7-12-10(13)5-6-11(14)15-4-2/h7,9H,3-4,8H2,1-2H3. The first-order chi connectivity index (χ1) is 7.27. The Morgan fingerprint density at radius 2 is 2.40 bits per heavy atom. The molecule has 1 rings (SSSR count). The molecule has 0 aliphatic carbocycles. The molecule has 0 aliphatic heterocycles. The zero-order valence-electron chi connectivity index (χ0n) is 8.99. The quantitative estimate of drug-likeness (QED) is 0.551. The van der Waals surface area contributed by atoms with E-state index in [1.807, 2.05) is 10.8 Å². The summed E-state index contributed by atoms with van der Waals surface area (Å²) in [4.78, 5) is 15.0. The smallest absolute Gasteiger partial charge is 0.384 e. The molecule has 0 N–H and O–H groups in total. The number of hydrogen-bond acceptors (Lipinski definition) is 3. The van der Waals surface area contributed by atoms with Gasteiger partial charge in [0.25, 0.3) is 0 Å². The summed E-state index contributed by atoms with van der Waals surface area (Å²) >= 11 is 0. The third-order valence-corrected chi connectivity index (χ3v) is 1.73. The lowest BCUT2D eigenvalue weighted by atomic mass is 10.4. The molecule has 0 saturated heterocycles. The van der Waals surface area contributed by atoms with Gasteiger partial charge < -0.3 is 9.30 Å². The van der Waals surface area contributed by atoms with Crippen LogP contribution in [0.5, 0.6) is 0 Å². The summed E-state index contributed by atoms with van der Waals surface area (Å²) < 4.78 is 6.60. The molecule has 1 aromatic rings. The molecule has 0 unspecified atom stereocenters. The van der Waals surface area contributed by atoms with Gasteiger partial charge in [-0.2, -0.15) is 0 Å². The highest BCUT2D eigenvalue weighted by Crippen LogP contribution is 1.97. The summed E-state index contributed by atoms with van der Waals surface area (Å²) in [7, 11) is 0. The number of carbonyl (C=O) groups is 1. The number of rotatable bonds is 3. The maximum Gasteiger partial charge on any atom is 0.384 e. The van der Waals surface area contributed by atoms with Crippen LogP contribution in [0, 0.1) is 11.8 Å². The SMILES string of the molecule is CCCn1ccnc1C#CC(=O)OCC. The van der Waals surface area contributed by atoms with Crippen LogP contribution in [0.25, 0.3) is 0 Å². The van der Waals surface area contributed by atoms with Gasteiger partial charge in [0.15, 0.2) is 5.82 Å². The van der Waals surface area contributed by atoms with E-state index in [0.29, 0.717) is 12.4 Å². The zero-order valence-corrected chi connectivity index (χ0v) is 8.99. The van der Waals surface area contributed by atoms with Crippen molar-refractivity contribution < 1.29 is 9.53 Å². The monoisotopic (exact) mass is 206 g/mol. The summed E-state index contributed by atoms with van der Waals surface area (Å²) in [5.41, 5.74) is 0. The van der Waals surface area contributed by atoms with Crippen molar-refractivity contribution in [3.8, 4) is 11.8 Å². The Kier molecular flexibility index (Phi) is 4.42. The van der Waals surface area contributed by atoms with Crippen LogP contribution in [0.1, 0.15) is 26.1 Å². The second-order valence-corrected chi connectivity index (χ2v) is 2.91. The van der Waals surface area contributed by atoms with Gasteiger partial charge >= 0.3 is 5.97 Å². The van der Waals surface area contributed by atoms with Crippen LogP contribution in [0.2, 0.25) is 0 Å². The molecule has 0 atom stereocenters. The predicted octanol–water partition coefficient (Wildman–Crippen LogP) is 1.21. The normalized spacial score (nSPS) is 9.20. The van der Waals surface area contributed by atoms with E-state index in [2.05, 4.69) is 23.7 Å². The van der Waals surface area contributed by atoms with E-state index in [1.165, 1.54) is 0 Å². The average Bonchev–Trinajstić information content (AvgIpc) is 2.64. The number of carbonyl (C=O) groups excluding carboxylic acids is 1. The van der Waals surface area contributed by atoms with Gasteiger partial charge in [-0.3, -0.25) is 0 Å². The van der Waals surface area contributed by atoms with Gasteiger partial charge in [-0.15, -0.1) is 0 Å². The Balaban J connectivity index is 2.70. The summed E-state index contributed by atoms with van der Waals surface area (Å²) in [5, 5.41) is 0. The molecule has 0 aromatic carbocycles. The van der Waals surface area contributed by atoms with Crippen molar-refractivity contribution in [3.05, 3.63) is 18.2 Å². The highest BCUT2D eigenvalue weighted by atomic mass is 16.5. The maximum absolute atomic E-state index is 11.0. The largest absolute Gasteiger partial charge is 0.456 e. The van der Waals surface area contributed by atoms with E-state index in [4.69, 9.17) is 4.74 Å². The van der Waals surface area contributed by atoms with Gasteiger partial charge in [-0.05, 0) is 19.3 Å². The van der Waals surface area contributed by atoms with Crippen LogP contribution in [0.4, 0.5) is 0 Å². The van der Waals surface area contributed by atoms with E-state index in [0.717, 1.165) is 13.0 Å². The van der Waals surface area contributed by atoms with Gasteiger partial charge in [0.05, 0.1) is 6.61 Å². The fourth-order valence-electron chi connectivity index (χ4n) is 1.13. The zero-order chi connectivity index (χ0) is 11.1. The van der Waals surface area contributed by atoms with Gasteiger partial charge in [0.1, 0.15) is 0 Å². The molecule has 0 saturated carbocycles. The molecule has 4 heteroatoms. The Morgan fingerprint density at radius 1 is 1.60 bits per heavy atom. The van der Waals surface area contributed by atoms with Crippen LogP contribution < -0.4 is 0 Å². The lowest BCUT2D eigenvalue weighted by Gasteiger charge is -1.99. The van der Waals surface area contributed by atoms with Crippen molar-refractivity contribution in [1.29, 1.82) is 0 Å². The number of nitrogens with zero attached hydrogens (tertiary/aromatic N) is 2. The molecular weight excluding hydrogens is 192 g/mol. The number of aromatic nitrogens is 2. The Labute approximate surface area is 89.3 Å². The Morgan fingerprint density at radius 3 is 3.07 bits per heavy atom. The molecule has 0 bridgehead atoms. The van der Waals surface area contributed by atoms with Gasteiger partial charge in [0, 0.05) is 24.9 Å². The molecule has 15 heavy (non-hydrogen) atoms. The van der Waals surface area contributed by atoms with Crippen molar-refractivity contribution in [2.75, 3.05) is 6.61 Å². The Bertz CT molecular complexity index is 385. The topological polar surface area (TPSA) is 44.1 Å². The number of imidazole rings is 1. The van der Waals surface area contributed by atoms with E-state index in [9.17, 15) is 4.79 Å². The van der Waals surface area contributed by atoms with Crippen molar-refractivity contribution in [1.82, 2.24) is 9.55 Å². The van der Waals surface area contributed by atoms with E-state index < -0.39 is 5.97 Å². The summed E-state index contributed by atoms with van der Waals surface area (Å²) in [6, 6.07) is 0. The Hall–Kier alpha value is -1.76. The van der Waals surface area contributed by atoms with Crippen molar-refractivity contribution in [2.24, 2.45) is 0 Å². The molecule has 0 aliphatic rings. The molecule has 1 aromatic heterocycles. The summed E-state index contributed by atoms with van der Waals surface area (Å²) in [5.74, 6) is 5.17. The van der Waals surface area contributed by atoms with Gasteiger partial charge in [0.2, 0.25) is 0 Å². The highest BCUT2D eigenvalue weighted by Gasteiger charge is 1.98. The number of esters is 1. The summed E-state index contributed by atoms with van der Waals surface area (Å²) in [6.07, 6.45) is 4.52. The molecule has 1 heterocycles. The number of aryl methyl sites for hydroxylation is 1. The lowest BCUT2D eigenvalue weighted by Crippen LogP contribution is -2.02. The van der Waals surface area contributed by atoms with E-state index in [1.54, 1.807) is 13.1 Å². The highest BCUT2D eigenvalue weighted by molar-refractivity contribution is 5.88. The minimum atomic E-state index is -0.511. The molecular formula is C11H14N2O2. The van der Waals surface area contributed by atoms with Crippen LogP contribution in [0.3, 0.4) is 0 Å². The number of ether oxygens (including phenoxy) is 1. The first-order valence-electron chi connectivity index (χ1n) is 4.97. The van der Waals surface area contributed by atoms with E-state index >= 15 is 0 Å². The van der Waals surface area contributed by atoms with Crippen LogP contribution >= 0.6 is 0 Å². The van der Waals surface area contributed by atoms with Gasteiger partial charge in [-0.25, -0.2) is 9.78 Å². The molecule has 0 fully saturated rings. The fourth-order valence-corrected chi connectivity index (χ4v) is 1.13. The number of hydrogen-bond donors (Lipinski definition) is 0. The van der Waals surface area contributed by atoms with Crippen molar-refractivity contribution in [3.63, 3.8) is 0 Å². The minimum Gasteiger partial charge on any atom is -0.456 e. The van der Waals surface area contributed by atoms with Crippen LogP contribution in [0.15, 0.2) is 12.4 Å². The second-order valence-electron chi connectivity index (χ2n) is 2.91. The average molecular weight is 206 g/mol. The molecule has 0 spiro atoms. The van der Waals surface area contributed by atoms with Gasteiger partial charge in [-0.1, -0.05) is 6.92 Å². The molecule has 0 radical (unpaired) electrons. The molecule has 80 valence electrons. The fraction of sp³-hybridized carbons (Fsp3) is 0.455. The summed E-state index contributed by atoms with van der Waals surface area (Å²) in [6.45, 7) is 5.02. The first kappa shape index (κ1) is 11.3. The minimum absolute atomic E-state index is 0.344. The second kappa shape index (κ2) is 5.86. The predicted molar refractivity (Wildman–Crippen MR) is 56.0 cm³/mol. The third kappa shape index (κ3) is 3.47. The van der Waals surface area contributed by atoms with Crippen LogP contribution in [-0.2, 0) is 16.1 Å². The molecule has 4 nitrogen and oxygen atoms in total.